The van der Waals surface area contributed by atoms with Gasteiger partial charge in [-0.05, 0) is 61.4 Å². The first-order valence-electron chi connectivity index (χ1n) is 20.0. The van der Waals surface area contributed by atoms with Gasteiger partial charge in [0.05, 0.1) is 35.9 Å². The van der Waals surface area contributed by atoms with Gasteiger partial charge in [0, 0.05) is 37.7 Å². The van der Waals surface area contributed by atoms with Gasteiger partial charge < -0.3 is 48.7 Å². The Morgan fingerprint density at radius 3 is 2.07 bits per heavy atom. The van der Waals surface area contributed by atoms with Gasteiger partial charge in [0.2, 0.25) is 0 Å². The van der Waals surface area contributed by atoms with Crippen LogP contribution in [0, 0.1) is 16.7 Å². The number of Topliss-reactive ketones (excluding diaryl/α,β-unsaturated/α-hetero) is 1. The number of carbonyl (C=O) groups is 6. The molecule has 1 aromatic heterocycles. The van der Waals surface area contributed by atoms with Crippen LogP contribution in [0.5, 0.6) is 0 Å². The average molecular weight is 844 g/mol. The third kappa shape index (κ3) is 7.14. The monoisotopic (exact) mass is 843 g/mol. The van der Waals surface area contributed by atoms with Crippen LogP contribution in [-0.4, -0.2) is 105 Å². The second kappa shape index (κ2) is 16.0. The molecular weight excluding hydrogens is 794 g/mol. The van der Waals surface area contributed by atoms with E-state index in [2.05, 4.69) is 5.32 Å². The minimum absolute atomic E-state index is 0.00830. The van der Waals surface area contributed by atoms with E-state index in [-0.39, 0.29) is 41.1 Å². The van der Waals surface area contributed by atoms with Gasteiger partial charge in [-0.15, -0.1) is 0 Å². The Morgan fingerprint density at radius 1 is 0.869 bits per heavy atom. The van der Waals surface area contributed by atoms with Gasteiger partial charge in [-0.3, -0.25) is 19.2 Å². The highest BCUT2D eigenvalue weighted by molar-refractivity contribution is 5.96. The lowest BCUT2D eigenvalue weighted by Gasteiger charge is -2.67. The lowest BCUT2D eigenvalue weighted by molar-refractivity contribution is -0.346. The summed E-state index contributed by atoms with van der Waals surface area (Å²) in [5.74, 6) is -6.98. The first kappa shape index (κ1) is 43.4. The molecule has 324 valence electrons. The van der Waals surface area contributed by atoms with Crippen LogP contribution in [0.4, 0.5) is 0 Å². The second-order valence-corrected chi connectivity index (χ2v) is 17.0. The van der Waals surface area contributed by atoms with E-state index < -0.39 is 113 Å². The lowest BCUT2D eigenvalue weighted by atomic mass is 9.44. The fourth-order valence-electron chi connectivity index (χ4n) is 9.95. The number of benzene rings is 2. The highest BCUT2D eigenvalue weighted by Gasteiger charge is 2.78. The third-order valence-electron chi connectivity index (χ3n) is 13.2. The van der Waals surface area contributed by atoms with Crippen molar-refractivity contribution in [1.29, 1.82) is 0 Å². The Labute approximate surface area is 351 Å². The molecule has 2 heterocycles. The number of rotatable bonds is 10. The molecule has 0 radical (unpaired) electrons. The summed E-state index contributed by atoms with van der Waals surface area (Å²) in [6.07, 6.45) is -9.38. The van der Waals surface area contributed by atoms with Crippen molar-refractivity contribution in [3.8, 4) is 0 Å². The van der Waals surface area contributed by atoms with E-state index in [1.165, 1.54) is 56.5 Å². The number of ketones is 1. The summed E-state index contributed by atoms with van der Waals surface area (Å²) in [5, 5.41) is 39.9. The highest BCUT2D eigenvalue weighted by Crippen LogP contribution is 2.64. The molecular formula is C45H49NO15. The Kier molecular flexibility index (Phi) is 11.4. The normalized spacial score (nSPS) is 32.2. The van der Waals surface area contributed by atoms with Crippen LogP contribution >= 0.6 is 0 Å². The molecule has 3 fully saturated rings. The molecule has 61 heavy (non-hydrogen) atoms. The molecule has 16 nitrogen and oxygen atoms in total. The van der Waals surface area contributed by atoms with Crippen LogP contribution in [0.25, 0.3) is 0 Å². The van der Waals surface area contributed by atoms with Crippen LogP contribution < -0.4 is 5.32 Å². The zero-order valence-electron chi connectivity index (χ0n) is 34.5. The fourth-order valence-corrected chi connectivity index (χ4v) is 9.95. The molecule has 11 atom stereocenters. The maximum atomic E-state index is 15.4. The molecule has 7 rings (SSSR count). The van der Waals surface area contributed by atoms with Gasteiger partial charge in [0.15, 0.2) is 23.6 Å². The topological polar surface area (TPSA) is 234 Å². The van der Waals surface area contributed by atoms with Crippen LogP contribution in [0.2, 0.25) is 0 Å². The quantitative estimate of drug-likeness (QED) is 0.130. The van der Waals surface area contributed by atoms with Gasteiger partial charge in [0.1, 0.15) is 35.7 Å². The van der Waals surface area contributed by atoms with Crippen molar-refractivity contribution >= 4 is 35.6 Å². The van der Waals surface area contributed by atoms with Gasteiger partial charge in [-0.1, -0.05) is 50.2 Å². The van der Waals surface area contributed by atoms with Crippen molar-refractivity contribution in [2.45, 2.75) is 108 Å². The molecule has 3 aromatic rings. The smallest absolute Gasteiger partial charge is 0.338 e. The first-order chi connectivity index (χ1) is 28.8. The van der Waals surface area contributed by atoms with E-state index >= 15 is 4.79 Å². The van der Waals surface area contributed by atoms with Crippen LogP contribution in [0.3, 0.4) is 0 Å². The summed E-state index contributed by atoms with van der Waals surface area (Å²) >= 11 is 0. The van der Waals surface area contributed by atoms with Crippen molar-refractivity contribution < 1.29 is 72.2 Å². The zero-order valence-corrected chi connectivity index (χ0v) is 34.5. The molecule has 1 aliphatic heterocycles. The van der Waals surface area contributed by atoms with E-state index in [9.17, 15) is 39.3 Å². The molecule has 4 N–H and O–H groups in total. The van der Waals surface area contributed by atoms with Crippen LogP contribution in [-0.2, 0) is 42.9 Å². The number of furan rings is 1. The van der Waals surface area contributed by atoms with Gasteiger partial charge in [-0.25, -0.2) is 9.59 Å². The zero-order chi connectivity index (χ0) is 44.2. The lowest BCUT2D eigenvalue weighted by Crippen LogP contribution is -2.82. The number of ether oxygens (including phenoxy) is 5. The number of amides is 1. The van der Waals surface area contributed by atoms with Crippen LogP contribution in [0.1, 0.15) is 86.9 Å². The molecule has 1 amide bonds. The molecule has 0 spiro atoms. The number of aliphatic hydroxyl groups excluding tert-OH is 2. The minimum Gasteiger partial charge on any atom is -0.467 e. The Bertz CT molecular complexity index is 2240. The number of nitrogens with one attached hydrogen (secondary N) is 1. The van der Waals surface area contributed by atoms with Crippen molar-refractivity contribution in [2.75, 3.05) is 6.61 Å². The summed E-state index contributed by atoms with van der Waals surface area (Å²) in [7, 11) is 0. The summed E-state index contributed by atoms with van der Waals surface area (Å²) in [5.41, 5.74) is -7.50. The Morgan fingerprint density at radius 2 is 1.51 bits per heavy atom. The number of aliphatic hydroxyl groups is 3. The number of hydrogen-bond donors (Lipinski definition) is 4. The molecule has 2 bridgehead atoms. The van der Waals surface area contributed by atoms with Gasteiger partial charge in [-0.2, -0.15) is 0 Å². The van der Waals surface area contributed by atoms with E-state index in [1.54, 1.807) is 50.2 Å². The van der Waals surface area contributed by atoms with E-state index in [1.807, 2.05) is 0 Å². The summed E-state index contributed by atoms with van der Waals surface area (Å²) in [6, 6.07) is 17.3. The summed E-state index contributed by atoms with van der Waals surface area (Å²) < 4.78 is 35.6. The largest absolute Gasteiger partial charge is 0.467 e. The number of fused-ring (bicyclic) bond motifs is 5. The SMILES string of the molecule is CC(=O)O[C@H]1C(=O)[C@@]2(C)C([C@H](OC(=O)c3ccccc3)[C@]3(O)C[C@H](OC(=O)[C@H](O)[C@H](NC(=O)c4ccccc4)c4ccco4)C(C)=C1C3(C)C)[C@]1(OC(C)=O)CO[C@@H]1C[C@@H]2O. The van der Waals surface area contributed by atoms with E-state index in [0.29, 0.717) is 0 Å². The molecule has 4 aliphatic rings. The molecule has 2 saturated carbocycles. The number of esters is 4. The minimum atomic E-state index is -2.40. The highest BCUT2D eigenvalue weighted by atomic mass is 16.6. The Hall–Kier alpha value is -5.68. The van der Waals surface area contributed by atoms with E-state index in [0.717, 1.165) is 13.8 Å². The van der Waals surface area contributed by atoms with Crippen molar-refractivity contribution in [2.24, 2.45) is 16.7 Å². The maximum Gasteiger partial charge on any atom is 0.338 e. The van der Waals surface area contributed by atoms with Gasteiger partial charge in [0.25, 0.3) is 5.91 Å². The van der Waals surface area contributed by atoms with Gasteiger partial charge >= 0.3 is 23.9 Å². The second-order valence-electron chi connectivity index (χ2n) is 17.0. The average Bonchev–Trinajstić information content (AvgIpc) is 3.76. The third-order valence-corrected chi connectivity index (χ3v) is 13.2. The maximum absolute atomic E-state index is 15.4. The van der Waals surface area contributed by atoms with Crippen molar-refractivity contribution in [3.05, 3.63) is 107 Å². The summed E-state index contributed by atoms with van der Waals surface area (Å²) in [4.78, 5) is 83.1. The van der Waals surface area contributed by atoms with Crippen molar-refractivity contribution in [1.82, 2.24) is 5.32 Å². The molecule has 1 unspecified atom stereocenters. The Balaban J connectivity index is 1.38. The predicted molar refractivity (Wildman–Crippen MR) is 210 cm³/mol. The number of carbonyl (C=O) groups excluding carboxylic acids is 6. The number of hydrogen-bond acceptors (Lipinski definition) is 15. The van der Waals surface area contributed by atoms with Crippen molar-refractivity contribution in [3.63, 3.8) is 0 Å². The molecule has 16 heteroatoms. The predicted octanol–water partition coefficient (Wildman–Crippen LogP) is 3.33. The molecule has 1 saturated heterocycles. The fraction of sp³-hybridized carbons (Fsp3) is 0.467. The first-order valence-corrected chi connectivity index (χ1v) is 20.0. The standard InChI is InChI=1S/C45H49NO15/c1-23-29(59-41(54)34(50)33(28-18-13-19-56-28)46-39(52)26-14-9-7-10-15-26)21-45(55)38(60-40(53)27-16-11-8-12-17-27)36-43(6,30(49)20-31-44(36,22-57-31)61-25(3)48)37(51)35(58-24(2)47)32(23)42(45,4)5/h7-19,29-31,33-36,38,49-50,55H,20-22H2,1-6H3,(H,46,52)/t29-,30-,31+,33+,34+,35+,36?,38-,43+,44-,45+/m0/s1. The summed E-state index contributed by atoms with van der Waals surface area (Å²) in [6.45, 7) is 7.90. The van der Waals surface area contributed by atoms with Crippen LogP contribution in [0.15, 0.2) is 94.6 Å². The van der Waals surface area contributed by atoms with E-state index in [4.69, 9.17) is 28.1 Å². The molecule has 2 aromatic carbocycles. The molecule has 3 aliphatic carbocycles.